The molecule has 0 spiro atoms. The van der Waals surface area contributed by atoms with Crippen molar-refractivity contribution in [1.29, 1.82) is 0 Å². The molecule has 0 fully saturated rings. The Kier molecular flexibility index (Phi) is 63.6. The Balaban J connectivity index is 4.03. The van der Waals surface area contributed by atoms with Gasteiger partial charge in [-0.1, -0.05) is 339 Å². The zero-order valence-corrected chi connectivity index (χ0v) is 51.7. The van der Waals surface area contributed by atoms with E-state index >= 15 is 0 Å². The average Bonchev–Trinajstić information content (AvgIpc) is 3.43. The van der Waals surface area contributed by atoms with Gasteiger partial charge in [0, 0.05) is 19.3 Å². The highest BCUT2D eigenvalue weighted by Crippen LogP contribution is 2.18. The standard InChI is InChI=1S/C71H130O6/c1-4-7-10-13-16-18-20-22-24-26-28-30-32-33-34-35-36-37-39-40-42-44-46-48-50-52-55-58-61-64-70(73)76-67-68(66-75-69(72)63-60-57-54-15-12-9-6-3)77-71(74)65-62-59-56-53-51-49-47-45-43-41-38-31-29-27-25-23-21-19-17-14-11-8-5-2/h8,11,17,19,23,25,29,31,68H,4-7,9-10,12-16,18,20-22,24,26-28,30,32-67H2,1-3H3/b11-8-,19-17-,25-23-,31-29-. The number of allylic oxidation sites excluding steroid dienone is 8. The summed E-state index contributed by atoms with van der Waals surface area (Å²) in [6.45, 7) is 6.54. The fraction of sp³-hybridized carbons (Fsp3) is 0.845. The summed E-state index contributed by atoms with van der Waals surface area (Å²) >= 11 is 0. The third-order valence-electron chi connectivity index (χ3n) is 15.3. The summed E-state index contributed by atoms with van der Waals surface area (Å²) in [4.78, 5) is 38.1. The summed E-state index contributed by atoms with van der Waals surface area (Å²) in [6.07, 6.45) is 83.1. The maximum absolute atomic E-state index is 12.9. The Bertz CT molecular complexity index is 1330. The predicted octanol–water partition coefficient (Wildman–Crippen LogP) is 23.3. The maximum atomic E-state index is 12.9. The second-order valence-electron chi connectivity index (χ2n) is 23.1. The minimum absolute atomic E-state index is 0.0702. The lowest BCUT2D eigenvalue weighted by Gasteiger charge is -2.18. The van der Waals surface area contributed by atoms with Crippen molar-refractivity contribution in [2.75, 3.05) is 13.2 Å². The Labute approximate surface area is 479 Å². The summed E-state index contributed by atoms with van der Waals surface area (Å²) in [5.41, 5.74) is 0. The summed E-state index contributed by atoms with van der Waals surface area (Å²) in [7, 11) is 0. The summed E-state index contributed by atoms with van der Waals surface area (Å²) in [5, 5.41) is 0. The van der Waals surface area contributed by atoms with Crippen LogP contribution in [0.25, 0.3) is 0 Å². The highest BCUT2D eigenvalue weighted by molar-refractivity contribution is 5.71. The van der Waals surface area contributed by atoms with Crippen molar-refractivity contribution in [3.8, 4) is 0 Å². The molecule has 0 aromatic rings. The first-order valence-corrected chi connectivity index (χ1v) is 34.1. The van der Waals surface area contributed by atoms with Gasteiger partial charge < -0.3 is 14.2 Å². The SMILES string of the molecule is CC/C=C\C/C=C\C/C=C\C/C=C\CCCCCCCCCCCCC(=O)OC(COC(=O)CCCCCCCCC)COC(=O)CCCCCCCCCCCCCCCCCCCCCCCCCCCCCCC. The Morgan fingerprint density at radius 3 is 0.792 bits per heavy atom. The second kappa shape index (κ2) is 65.9. The van der Waals surface area contributed by atoms with Crippen LogP contribution in [-0.2, 0) is 28.6 Å². The fourth-order valence-corrected chi connectivity index (χ4v) is 10.3. The van der Waals surface area contributed by atoms with E-state index in [0.29, 0.717) is 19.3 Å². The quantitative estimate of drug-likeness (QED) is 0.0261. The molecule has 0 rings (SSSR count). The smallest absolute Gasteiger partial charge is 0.306 e. The molecule has 6 nitrogen and oxygen atoms in total. The van der Waals surface area contributed by atoms with Crippen LogP contribution in [0.15, 0.2) is 48.6 Å². The number of hydrogen-bond donors (Lipinski definition) is 0. The number of carbonyl (C=O) groups excluding carboxylic acids is 3. The highest BCUT2D eigenvalue weighted by Gasteiger charge is 2.19. The summed E-state index contributed by atoms with van der Waals surface area (Å²) < 4.78 is 16.9. The third kappa shape index (κ3) is 64.1. The van der Waals surface area contributed by atoms with Gasteiger partial charge in [0.25, 0.3) is 0 Å². The molecule has 0 aliphatic heterocycles. The lowest BCUT2D eigenvalue weighted by molar-refractivity contribution is -0.167. The van der Waals surface area contributed by atoms with E-state index in [0.717, 1.165) is 83.5 Å². The average molecular weight is 1080 g/mol. The van der Waals surface area contributed by atoms with Crippen LogP contribution < -0.4 is 0 Å². The Hall–Kier alpha value is -2.63. The molecule has 0 aromatic carbocycles. The first-order valence-electron chi connectivity index (χ1n) is 34.1. The number of hydrogen-bond acceptors (Lipinski definition) is 6. The van der Waals surface area contributed by atoms with Crippen LogP contribution in [-0.4, -0.2) is 37.2 Å². The van der Waals surface area contributed by atoms with E-state index < -0.39 is 6.10 Å². The van der Waals surface area contributed by atoms with Gasteiger partial charge in [-0.05, 0) is 57.8 Å². The van der Waals surface area contributed by atoms with E-state index in [9.17, 15) is 14.4 Å². The van der Waals surface area contributed by atoms with Crippen LogP contribution in [0.5, 0.6) is 0 Å². The van der Waals surface area contributed by atoms with Gasteiger partial charge in [0.1, 0.15) is 13.2 Å². The minimum Gasteiger partial charge on any atom is -0.462 e. The van der Waals surface area contributed by atoms with Crippen molar-refractivity contribution in [3.63, 3.8) is 0 Å². The topological polar surface area (TPSA) is 78.9 Å². The van der Waals surface area contributed by atoms with Gasteiger partial charge in [0.05, 0.1) is 0 Å². The monoisotopic (exact) mass is 1080 g/mol. The number of esters is 3. The largest absolute Gasteiger partial charge is 0.462 e. The molecule has 1 unspecified atom stereocenters. The Morgan fingerprint density at radius 1 is 0.273 bits per heavy atom. The first-order chi connectivity index (χ1) is 38.0. The molecule has 450 valence electrons. The van der Waals surface area contributed by atoms with Crippen LogP contribution in [0.2, 0.25) is 0 Å². The number of unbranched alkanes of at least 4 members (excludes halogenated alkanes) is 44. The lowest BCUT2D eigenvalue weighted by atomic mass is 10.0. The highest BCUT2D eigenvalue weighted by atomic mass is 16.6. The molecule has 1 atom stereocenters. The molecule has 0 radical (unpaired) electrons. The zero-order valence-electron chi connectivity index (χ0n) is 51.7. The molecular formula is C71H130O6. The molecule has 0 aliphatic rings. The first kappa shape index (κ1) is 74.4. The predicted molar refractivity (Wildman–Crippen MR) is 335 cm³/mol. The fourth-order valence-electron chi connectivity index (χ4n) is 10.3. The van der Waals surface area contributed by atoms with Crippen LogP contribution >= 0.6 is 0 Å². The molecule has 77 heavy (non-hydrogen) atoms. The van der Waals surface area contributed by atoms with E-state index in [1.165, 1.54) is 244 Å². The van der Waals surface area contributed by atoms with Crippen LogP contribution in [0.1, 0.15) is 367 Å². The van der Waals surface area contributed by atoms with Crippen molar-refractivity contribution >= 4 is 17.9 Å². The second-order valence-corrected chi connectivity index (χ2v) is 23.1. The Morgan fingerprint density at radius 2 is 0.506 bits per heavy atom. The zero-order chi connectivity index (χ0) is 55.7. The maximum Gasteiger partial charge on any atom is 0.306 e. The summed E-state index contributed by atoms with van der Waals surface area (Å²) in [5.74, 6) is -0.860. The van der Waals surface area contributed by atoms with Gasteiger partial charge >= 0.3 is 17.9 Å². The minimum atomic E-state index is -0.771. The lowest BCUT2D eigenvalue weighted by Crippen LogP contribution is -2.30. The van der Waals surface area contributed by atoms with E-state index in [1.54, 1.807) is 0 Å². The van der Waals surface area contributed by atoms with Gasteiger partial charge in [-0.15, -0.1) is 0 Å². The molecule has 0 bridgehead atoms. The van der Waals surface area contributed by atoms with Gasteiger partial charge in [0.15, 0.2) is 6.10 Å². The number of rotatable bonds is 63. The van der Waals surface area contributed by atoms with E-state index in [4.69, 9.17) is 14.2 Å². The number of carbonyl (C=O) groups is 3. The van der Waals surface area contributed by atoms with Crippen molar-refractivity contribution < 1.29 is 28.6 Å². The molecule has 0 heterocycles. The third-order valence-corrected chi connectivity index (χ3v) is 15.3. The normalized spacial score (nSPS) is 12.3. The van der Waals surface area contributed by atoms with Gasteiger partial charge in [-0.2, -0.15) is 0 Å². The van der Waals surface area contributed by atoms with Crippen molar-refractivity contribution in [2.45, 2.75) is 374 Å². The summed E-state index contributed by atoms with van der Waals surface area (Å²) in [6, 6.07) is 0. The number of ether oxygens (including phenoxy) is 3. The van der Waals surface area contributed by atoms with Crippen LogP contribution in [0.4, 0.5) is 0 Å². The molecule has 6 heteroatoms. The van der Waals surface area contributed by atoms with Crippen LogP contribution in [0.3, 0.4) is 0 Å². The van der Waals surface area contributed by atoms with Crippen LogP contribution in [0, 0.1) is 0 Å². The van der Waals surface area contributed by atoms with Gasteiger partial charge in [-0.3, -0.25) is 14.4 Å². The molecule has 0 saturated heterocycles. The van der Waals surface area contributed by atoms with E-state index in [1.807, 2.05) is 0 Å². The van der Waals surface area contributed by atoms with E-state index in [2.05, 4.69) is 69.4 Å². The van der Waals surface area contributed by atoms with Crippen molar-refractivity contribution in [3.05, 3.63) is 48.6 Å². The molecule has 0 aromatic heterocycles. The van der Waals surface area contributed by atoms with Gasteiger partial charge in [-0.25, -0.2) is 0 Å². The molecule has 0 N–H and O–H groups in total. The van der Waals surface area contributed by atoms with Crippen molar-refractivity contribution in [2.24, 2.45) is 0 Å². The molecular weight excluding hydrogens is 949 g/mol. The van der Waals surface area contributed by atoms with Gasteiger partial charge in [0.2, 0.25) is 0 Å². The molecule has 0 aliphatic carbocycles. The van der Waals surface area contributed by atoms with E-state index in [-0.39, 0.29) is 31.1 Å². The molecule has 0 amide bonds. The van der Waals surface area contributed by atoms with Crippen molar-refractivity contribution in [1.82, 2.24) is 0 Å². The molecule has 0 saturated carbocycles.